The molecule has 0 nitrogen and oxygen atoms in total. The maximum Gasteiger partial charge on any atom is -0.0194 e. The molecule has 0 aromatic carbocycles. The highest BCUT2D eigenvalue weighted by molar-refractivity contribution is 5.27. The predicted molar refractivity (Wildman–Crippen MR) is 67.0 cm³/mol. The molecule has 0 aromatic rings. The molecule has 6 bridgehead atoms. The average molecular weight is 224 g/mol. The van der Waals surface area contributed by atoms with E-state index in [0.717, 1.165) is 59.2 Å². The Labute approximate surface area is 103 Å². The van der Waals surface area contributed by atoms with Gasteiger partial charge in [-0.15, -0.1) is 0 Å². The van der Waals surface area contributed by atoms with Gasteiger partial charge in [0.15, 0.2) is 0 Å². The minimum atomic E-state index is 1.00. The van der Waals surface area contributed by atoms with Gasteiger partial charge in [-0.3, -0.25) is 0 Å². The van der Waals surface area contributed by atoms with E-state index in [1.54, 1.807) is 6.42 Å². The molecule has 8 atom stereocenters. The second kappa shape index (κ2) is 2.44. The topological polar surface area (TPSA) is 0 Å². The lowest BCUT2D eigenvalue weighted by Crippen LogP contribution is -2.38. The fraction of sp³-hybridized carbons (Fsp3) is 0.765. The van der Waals surface area contributed by atoms with E-state index in [-0.39, 0.29) is 0 Å². The zero-order valence-electron chi connectivity index (χ0n) is 10.2. The third-order valence-corrected chi connectivity index (χ3v) is 7.69. The average Bonchev–Trinajstić information content (AvgIpc) is 3.14. The van der Waals surface area contributed by atoms with Gasteiger partial charge >= 0.3 is 0 Å². The fourth-order valence-electron chi connectivity index (χ4n) is 7.66. The van der Waals surface area contributed by atoms with Crippen LogP contribution in [0.15, 0.2) is 24.3 Å². The number of hydrogen-bond donors (Lipinski definition) is 0. The van der Waals surface area contributed by atoms with Gasteiger partial charge in [-0.2, -0.15) is 0 Å². The minimum absolute atomic E-state index is 1.00. The smallest absolute Gasteiger partial charge is 0.0194 e. The maximum absolute atomic E-state index is 2.59. The molecule has 0 heteroatoms. The monoisotopic (exact) mass is 224 g/mol. The Bertz CT molecular complexity index is 381. The van der Waals surface area contributed by atoms with Crippen molar-refractivity contribution < 1.29 is 0 Å². The molecule has 0 aliphatic heterocycles. The minimum Gasteiger partial charge on any atom is -0.0848 e. The van der Waals surface area contributed by atoms with Gasteiger partial charge in [0.05, 0.1) is 0 Å². The molecule has 0 spiro atoms. The SMILES string of the molecule is C1=CC2CC1C1C3CC(C21)C1C2C=CC(C2)C31. The quantitative estimate of drug-likeness (QED) is 0.436. The molecule has 6 rings (SSSR count). The Hall–Kier alpha value is -0.520. The van der Waals surface area contributed by atoms with E-state index >= 15 is 0 Å². The number of rotatable bonds is 0. The summed E-state index contributed by atoms with van der Waals surface area (Å²) in [7, 11) is 0. The van der Waals surface area contributed by atoms with Crippen LogP contribution in [0.25, 0.3) is 0 Å². The van der Waals surface area contributed by atoms with Crippen LogP contribution in [-0.4, -0.2) is 0 Å². The molecule has 6 aliphatic rings. The van der Waals surface area contributed by atoms with Crippen LogP contribution in [0.2, 0.25) is 0 Å². The summed E-state index contributed by atoms with van der Waals surface area (Å²) in [6.45, 7) is 0. The third-order valence-electron chi connectivity index (χ3n) is 7.69. The van der Waals surface area contributed by atoms with E-state index in [2.05, 4.69) is 24.3 Å². The van der Waals surface area contributed by atoms with Crippen molar-refractivity contribution in [2.75, 3.05) is 0 Å². The Morgan fingerprint density at radius 3 is 1.18 bits per heavy atom. The van der Waals surface area contributed by atoms with Crippen molar-refractivity contribution in [2.24, 2.45) is 59.2 Å². The van der Waals surface area contributed by atoms with E-state index in [4.69, 9.17) is 0 Å². The molecule has 6 aliphatic carbocycles. The lowest BCUT2D eigenvalue weighted by Gasteiger charge is -2.42. The molecular weight excluding hydrogens is 204 g/mol. The summed E-state index contributed by atoms with van der Waals surface area (Å²) < 4.78 is 0. The van der Waals surface area contributed by atoms with Gasteiger partial charge in [0.25, 0.3) is 0 Å². The van der Waals surface area contributed by atoms with Gasteiger partial charge in [0, 0.05) is 0 Å². The van der Waals surface area contributed by atoms with Crippen molar-refractivity contribution >= 4 is 0 Å². The van der Waals surface area contributed by atoms with Gasteiger partial charge in [0.1, 0.15) is 0 Å². The molecule has 0 aromatic heterocycles. The van der Waals surface area contributed by atoms with Crippen molar-refractivity contribution in [2.45, 2.75) is 19.3 Å². The van der Waals surface area contributed by atoms with Crippen molar-refractivity contribution in [3.63, 3.8) is 0 Å². The number of fused-ring (bicyclic) bond motifs is 16. The summed E-state index contributed by atoms with van der Waals surface area (Å²) in [5.41, 5.74) is 0. The molecule has 0 heterocycles. The molecule has 4 fully saturated rings. The van der Waals surface area contributed by atoms with E-state index in [1.807, 2.05) is 0 Å². The standard InChI is InChI=1S/C17H20/c1-2-9-5-8(1)14-12-7-13(15(9)14)17-11-4-3-10(6-11)16(12)17/h1-4,8-17H,5-7H2. The second-order valence-electron chi connectivity index (χ2n) is 7.77. The van der Waals surface area contributed by atoms with Crippen LogP contribution < -0.4 is 0 Å². The summed E-state index contributed by atoms with van der Waals surface area (Å²) in [5, 5.41) is 0. The largest absolute Gasteiger partial charge is 0.0848 e. The first-order valence-electron chi connectivity index (χ1n) is 7.78. The predicted octanol–water partition coefficient (Wildman–Crippen LogP) is 3.51. The highest BCUT2D eigenvalue weighted by Crippen LogP contribution is 2.74. The number of allylic oxidation sites excluding steroid dienone is 4. The highest BCUT2D eigenvalue weighted by Gasteiger charge is 2.68. The van der Waals surface area contributed by atoms with Crippen molar-refractivity contribution in [1.29, 1.82) is 0 Å². The van der Waals surface area contributed by atoms with Crippen LogP contribution in [0, 0.1) is 59.2 Å². The second-order valence-corrected chi connectivity index (χ2v) is 7.77. The summed E-state index contributed by atoms with van der Waals surface area (Å²) >= 11 is 0. The normalized spacial score (nSPS) is 71.5. The summed E-state index contributed by atoms with van der Waals surface area (Å²) in [4.78, 5) is 0. The summed E-state index contributed by atoms with van der Waals surface area (Å²) in [6, 6.07) is 0. The lowest BCUT2D eigenvalue weighted by molar-refractivity contribution is 0.0811. The Morgan fingerprint density at radius 1 is 0.471 bits per heavy atom. The van der Waals surface area contributed by atoms with E-state index in [1.165, 1.54) is 12.8 Å². The van der Waals surface area contributed by atoms with Gasteiger partial charge < -0.3 is 0 Å². The number of hydrogen-bond acceptors (Lipinski definition) is 0. The molecule has 0 saturated heterocycles. The van der Waals surface area contributed by atoms with Gasteiger partial charge in [-0.05, 0) is 78.4 Å². The third kappa shape index (κ3) is 0.744. The van der Waals surface area contributed by atoms with Gasteiger partial charge in [-0.25, -0.2) is 0 Å². The van der Waals surface area contributed by atoms with Crippen molar-refractivity contribution in [1.82, 2.24) is 0 Å². The summed E-state index contributed by atoms with van der Waals surface area (Å²) in [5.74, 6) is 10.8. The highest BCUT2D eigenvalue weighted by atomic mass is 14.7. The molecule has 17 heavy (non-hydrogen) atoms. The lowest BCUT2D eigenvalue weighted by atomic mass is 9.62. The Morgan fingerprint density at radius 2 is 0.824 bits per heavy atom. The summed E-state index contributed by atoms with van der Waals surface area (Å²) in [6.07, 6.45) is 15.0. The fourth-order valence-corrected chi connectivity index (χ4v) is 7.66. The molecule has 0 radical (unpaired) electrons. The van der Waals surface area contributed by atoms with Crippen LogP contribution in [0.1, 0.15) is 19.3 Å². The molecule has 8 unspecified atom stereocenters. The zero-order valence-corrected chi connectivity index (χ0v) is 10.2. The maximum atomic E-state index is 2.59. The molecular formula is C17H20. The van der Waals surface area contributed by atoms with Crippen LogP contribution in [0.5, 0.6) is 0 Å². The van der Waals surface area contributed by atoms with Gasteiger partial charge in [0.2, 0.25) is 0 Å². The molecule has 4 saturated carbocycles. The Kier molecular flexibility index (Phi) is 1.23. The van der Waals surface area contributed by atoms with Gasteiger partial charge in [-0.1, -0.05) is 24.3 Å². The molecule has 0 amide bonds. The van der Waals surface area contributed by atoms with Crippen molar-refractivity contribution in [3.05, 3.63) is 24.3 Å². The van der Waals surface area contributed by atoms with Crippen LogP contribution in [0.3, 0.4) is 0 Å². The first-order chi connectivity index (χ1) is 8.42. The first-order valence-corrected chi connectivity index (χ1v) is 7.78. The van der Waals surface area contributed by atoms with Crippen molar-refractivity contribution in [3.8, 4) is 0 Å². The van der Waals surface area contributed by atoms with Crippen LogP contribution in [-0.2, 0) is 0 Å². The van der Waals surface area contributed by atoms with E-state index < -0.39 is 0 Å². The molecule has 88 valence electrons. The Balaban J connectivity index is 1.51. The van der Waals surface area contributed by atoms with E-state index in [0.29, 0.717) is 0 Å². The van der Waals surface area contributed by atoms with E-state index in [9.17, 15) is 0 Å². The zero-order chi connectivity index (χ0) is 10.7. The van der Waals surface area contributed by atoms with Crippen LogP contribution in [0.4, 0.5) is 0 Å². The van der Waals surface area contributed by atoms with Crippen LogP contribution >= 0.6 is 0 Å². The first kappa shape index (κ1) is 8.56. The molecule has 0 N–H and O–H groups in total.